The van der Waals surface area contributed by atoms with Crippen LogP contribution in [-0.4, -0.2) is 43.7 Å². The first-order valence-corrected chi connectivity index (χ1v) is 8.32. The van der Waals surface area contributed by atoms with E-state index in [4.69, 9.17) is 0 Å². The average molecular weight is 263 g/mol. The normalized spacial score (nSPS) is 30.4. The Morgan fingerprint density at radius 3 is 2.76 bits per heavy atom. The van der Waals surface area contributed by atoms with E-state index in [1.807, 2.05) is 0 Å². The Morgan fingerprint density at radius 2 is 2.18 bits per heavy atom. The third-order valence-corrected chi connectivity index (χ3v) is 5.26. The van der Waals surface area contributed by atoms with E-state index in [0.29, 0.717) is 19.0 Å². The highest BCUT2D eigenvalue weighted by molar-refractivity contribution is 7.91. The molecule has 0 radical (unpaired) electrons. The summed E-state index contributed by atoms with van der Waals surface area (Å²) in [5.74, 6) is 0.917. The van der Waals surface area contributed by atoms with E-state index in [-0.39, 0.29) is 11.5 Å². The SMILES string of the molecule is CCS(=O)(=O)CCNCC1(O)CCCC(C)C1. The van der Waals surface area contributed by atoms with Crippen molar-refractivity contribution in [1.82, 2.24) is 5.32 Å². The van der Waals surface area contributed by atoms with E-state index < -0.39 is 15.4 Å². The first-order valence-electron chi connectivity index (χ1n) is 6.50. The lowest BCUT2D eigenvalue weighted by Gasteiger charge is -2.35. The molecule has 0 saturated heterocycles. The summed E-state index contributed by atoms with van der Waals surface area (Å²) in [6, 6.07) is 0. The number of rotatable bonds is 6. The lowest BCUT2D eigenvalue weighted by Crippen LogP contribution is -2.45. The molecule has 1 fully saturated rings. The van der Waals surface area contributed by atoms with Gasteiger partial charge < -0.3 is 10.4 Å². The molecule has 0 bridgehead atoms. The molecule has 0 spiro atoms. The van der Waals surface area contributed by atoms with Gasteiger partial charge in [0.1, 0.15) is 0 Å². The number of hydrogen-bond donors (Lipinski definition) is 2. The van der Waals surface area contributed by atoms with Crippen LogP contribution >= 0.6 is 0 Å². The summed E-state index contributed by atoms with van der Waals surface area (Å²) < 4.78 is 22.6. The maximum atomic E-state index is 11.3. The van der Waals surface area contributed by atoms with Crippen LogP contribution < -0.4 is 5.32 Å². The quantitative estimate of drug-likeness (QED) is 0.700. The molecular weight excluding hydrogens is 238 g/mol. The summed E-state index contributed by atoms with van der Waals surface area (Å²) in [7, 11) is -2.90. The summed E-state index contributed by atoms with van der Waals surface area (Å²) in [6.45, 7) is 4.76. The number of nitrogens with one attached hydrogen (secondary N) is 1. The minimum absolute atomic E-state index is 0.162. The predicted octanol–water partition coefficient (Wildman–Crippen LogP) is 0.952. The molecule has 2 N–H and O–H groups in total. The van der Waals surface area contributed by atoms with Crippen molar-refractivity contribution in [1.29, 1.82) is 0 Å². The number of sulfone groups is 1. The van der Waals surface area contributed by atoms with Gasteiger partial charge in [0.2, 0.25) is 0 Å². The highest BCUT2D eigenvalue weighted by atomic mass is 32.2. The van der Waals surface area contributed by atoms with Gasteiger partial charge in [-0.1, -0.05) is 26.7 Å². The van der Waals surface area contributed by atoms with Gasteiger partial charge in [-0.25, -0.2) is 8.42 Å². The van der Waals surface area contributed by atoms with Crippen molar-refractivity contribution < 1.29 is 13.5 Å². The van der Waals surface area contributed by atoms with E-state index in [2.05, 4.69) is 12.2 Å². The summed E-state index contributed by atoms with van der Waals surface area (Å²) in [5, 5.41) is 13.4. The zero-order valence-corrected chi connectivity index (χ0v) is 11.7. The predicted molar refractivity (Wildman–Crippen MR) is 69.8 cm³/mol. The Balaban J connectivity index is 2.26. The molecule has 1 aliphatic rings. The van der Waals surface area contributed by atoms with Crippen molar-refractivity contribution >= 4 is 9.84 Å². The van der Waals surface area contributed by atoms with E-state index >= 15 is 0 Å². The van der Waals surface area contributed by atoms with Gasteiger partial charge >= 0.3 is 0 Å². The molecule has 5 heteroatoms. The fourth-order valence-electron chi connectivity index (χ4n) is 2.49. The lowest BCUT2D eigenvalue weighted by molar-refractivity contribution is -0.0112. The smallest absolute Gasteiger partial charge is 0.151 e. The van der Waals surface area contributed by atoms with E-state index in [9.17, 15) is 13.5 Å². The van der Waals surface area contributed by atoms with Crippen LogP contribution in [0.25, 0.3) is 0 Å². The Kier molecular flexibility index (Phi) is 5.41. The molecule has 1 saturated carbocycles. The zero-order chi connectivity index (χ0) is 12.9. The topological polar surface area (TPSA) is 66.4 Å². The summed E-state index contributed by atoms with van der Waals surface area (Å²) >= 11 is 0. The highest BCUT2D eigenvalue weighted by Crippen LogP contribution is 2.31. The van der Waals surface area contributed by atoms with Gasteiger partial charge in [0.25, 0.3) is 0 Å². The molecule has 0 amide bonds. The molecule has 0 aliphatic heterocycles. The van der Waals surface area contributed by atoms with Crippen LogP contribution in [0.5, 0.6) is 0 Å². The van der Waals surface area contributed by atoms with Gasteiger partial charge in [0.05, 0.1) is 11.4 Å². The molecule has 1 aliphatic carbocycles. The van der Waals surface area contributed by atoms with Crippen LogP contribution in [0.3, 0.4) is 0 Å². The van der Waals surface area contributed by atoms with Crippen LogP contribution in [0.1, 0.15) is 39.5 Å². The first kappa shape index (κ1) is 14.9. The van der Waals surface area contributed by atoms with Crippen LogP contribution in [0.4, 0.5) is 0 Å². The van der Waals surface area contributed by atoms with Crippen molar-refractivity contribution in [2.75, 3.05) is 24.6 Å². The Hall–Kier alpha value is -0.130. The fourth-order valence-corrected chi connectivity index (χ4v) is 3.23. The molecule has 0 aromatic rings. The maximum absolute atomic E-state index is 11.3. The summed E-state index contributed by atoms with van der Waals surface area (Å²) in [6.07, 6.45) is 3.89. The van der Waals surface area contributed by atoms with Crippen molar-refractivity contribution in [3.63, 3.8) is 0 Å². The summed E-state index contributed by atoms with van der Waals surface area (Å²) in [4.78, 5) is 0. The minimum atomic E-state index is -2.90. The number of aliphatic hydroxyl groups is 1. The van der Waals surface area contributed by atoms with Gasteiger partial charge in [-0.15, -0.1) is 0 Å². The minimum Gasteiger partial charge on any atom is -0.389 e. The van der Waals surface area contributed by atoms with Crippen molar-refractivity contribution in [3.05, 3.63) is 0 Å². The van der Waals surface area contributed by atoms with Crippen LogP contribution in [0, 0.1) is 5.92 Å². The standard InChI is InChI=1S/C12H25NO3S/c1-3-17(15,16)8-7-13-10-12(14)6-4-5-11(2)9-12/h11,13-14H,3-10H2,1-2H3. The average Bonchev–Trinajstić information content (AvgIpc) is 2.24. The molecular formula is C12H25NO3S. The van der Waals surface area contributed by atoms with Gasteiger partial charge in [-0.2, -0.15) is 0 Å². The molecule has 2 unspecified atom stereocenters. The van der Waals surface area contributed by atoms with E-state index in [1.165, 1.54) is 6.42 Å². The number of hydrogen-bond acceptors (Lipinski definition) is 4. The van der Waals surface area contributed by atoms with Gasteiger partial charge in [-0.05, 0) is 18.8 Å². The van der Waals surface area contributed by atoms with Gasteiger partial charge in [0, 0.05) is 18.8 Å². The zero-order valence-electron chi connectivity index (χ0n) is 10.9. The second-order valence-corrected chi connectivity index (χ2v) is 7.81. The first-order chi connectivity index (χ1) is 7.87. The van der Waals surface area contributed by atoms with E-state index in [0.717, 1.165) is 19.3 Å². The Morgan fingerprint density at radius 1 is 1.47 bits per heavy atom. The maximum Gasteiger partial charge on any atom is 0.151 e. The van der Waals surface area contributed by atoms with Gasteiger partial charge in [0.15, 0.2) is 9.84 Å². The van der Waals surface area contributed by atoms with E-state index in [1.54, 1.807) is 6.92 Å². The third-order valence-electron chi connectivity index (χ3n) is 3.55. The van der Waals surface area contributed by atoms with Crippen molar-refractivity contribution in [3.8, 4) is 0 Å². The molecule has 102 valence electrons. The lowest BCUT2D eigenvalue weighted by atomic mass is 9.79. The van der Waals surface area contributed by atoms with Crippen LogP contribution in [-0.2, 0) is 9.84 Å². The Labute approximate surface area is 105 Å². The molecule has 0 aromatic heterocycles. The van der Waals surface area contributed by atoms with Crippen molar-refractivity contribution in [2.24, 2.45) is 5.92 Å². The van der Waals surface area contributed by atoms with Crippen LogP contribution in [0.15, 0.2) is 0 Å². The second-order valence-electron chi connectivity index (χ2n) is 5.34. The molecule has 4 nitrogen and oxygen atoms in total. The highest BCUT2D eigenvalue weighted by Gasteiger charge is 2.31. The largest absolute Gasteiger partial charge is 0.389 e. The summed E-state index contributed by atoms with van der Waals surface area (Å²) in [5.41, 5.74) is -0.631. The fraction of sp³-hybridized carbons (Fsp3) is 1.00. The molecule has 0 heterocycles. The molecule has 2 atom stereocenters. The van der Waals surface area contributed by atoms with Crippen molar-refractivity contribution in [2.45, 2.75) is 45.1 Å². The van der Waals surface area contributed by atoms with Gasteiger partial charge in [-0.3, -0.25) is 0 Å². The second kappa shape index (κ2) is 6.16. The monoisotopic (exact) mass is 263 g/mol. The molecule has 1 rings (SSSR count). The molecule has 17 heavy (non-hydrogen) atoms. The van der Waals surface area contributed by atoms with Crippen LogP contribution in [0.2, 0.25) is 0 Å². The Bertz CT molecular complexity index is 329. The third kappa shape index (κ3) is 5.36. The molecule has 0 aromatic carbocycles.